The summed E-state index contributed by atoms with van der Waals surface area (Å²) < 4.78 is 39.0. The van der Waals surface area contributed by atoms with E-state index in [9.17, 15) is 12.8 Å². The van der Waals surface area contributed by atoms with Crippen LogP contribution in [0.25, 0.3) is 0 Å². The molecule has 6 nitrogen and oxygen atoms in total. The van der Waals surface area contributed by atoms with Crippen LogP contribution >= 0.6 is 11.6 Å². The Labute approximate surface area is 114 Å². The van der Waals surface area contributed by atoms with Crippen LogP contribution < -0.4 is 0 Å². The Morgan fingerprint density at radius 2 is 2.21 bits per heavy atom. The van der Waals surface area contributed by atoms with Gasteiger partial charge in [-0.3, -0.25) is 5.10 Å². The summed E-state index contributed by atoms with van der Waals surface area (Å²) in [5.74, 6) is -0.530. The van der Waals surface area contributed by atoms with Gasteiger partial charge in [-0.05, 0) is 18.2 Å². The van der Waals surface area contributed by atoms with Gasteiger partial charge >= 0.3 is 0 Å². The van der Waals surface area contributed by atoms with Crippen molar-refractivity contribution in [3.8, 4) is 0 Å². The Hall–Kier alpha value is -1.51. The first-order chi connectivity index (χ1) is 8.91. The van der Waals surface area contributed by atoms with Crippen molar-refractivity contribution in [2.24, 2.45) is 0 Å². The summed E-state index contributed by atoms with van der Waals surface area (Å²) >= 11 is 5.59. The van der Waals surface area contributed by atoms with E-state index in [0.29, 0.717) is 5.82 Å². The molecule has 0 aliphatic carbocycles. The van der Waals surface area contributed by atoms with Gasteiger partial charge in [0.05, 0.1) is 6.54 Å². The number of rotatable bonds is 4. The van der Waals surface area contributed by atoms with Crippen molar-refractivity contribution in [1.82, 2.24) is 19.5 Å². The molecule has 0 amide bonds. The molecule has 0 aliphatic rings. The van der Waals surface area contributed by atoms with Crippen LogP contribution in [0.5, 0.6) is 0 Å². The number of aromatic amines is 1. The van der Waals surface area contributed by atoms with Crippen molar-refractivity contribution >= 4 is 21.6 Å². The van der Waals surface area contributed by atoms with Crippen molar-refractivity contribution in [3.63, 3.8) is 0 Å². The fourth-order valence-electron chi connectivity index (χ4n) is 1.46. The lowest BCUT2D eigenvalue weighted by Crippen LogP contribution is -2.27. The zero-order valence-corrected chi connectivity index (χ0v) is 11.4. The maximum Gasteiger partial charge on any atom is 0.246 e. The predicted octanol–water partition coefficient (Wildman–Crippen LogP) is 1.42. The molecule has 0 saturated carbocycles. The monoisotopic (exact) mass is 304 g/mol. The summed E-state index contributed by atoms with van der Waals surface area (Å²) in [5, 5.41) is 6.28. The second kappa shape index (κ2) is 5.24. The molecule has 1 heterocycles. The molecule has 102 valence electrons. The minimum atomic E-state index is -3.95. The van der Waals surface area contributed by atoms with Gasteiger partial charge in [0.1, 0.15) is 22.9 Å². The number of hydrogen-bond donors (Lipinski definition) is 1. The molecule has 1 aromatic heterocycles. The van der Waals surface area contributed by atoms with Crippen LogP contribution in [0.4, 0.5) is 4.39 Å². The third-order valence-electron chi connectivity index (χ3n) is 2.42. The van der Waals surface area contributed by atoms with Crippen molar-refractivity contribution in [2.45, 2.75) is 11.4 Å². The predicted molar refractivity (Wildman–Crippen MR) is 66.4 cm³/mol. The van der Waals surface area contributed by atoms with E-state index in [1.807, 2.05) is 0 Å². The molecule has 1 N–H and O–H groups in total. The average Bonchev–Trinajstić information content (AvgIpc) is 2.81. The molecule has 0 saturated heterocycles. The van der Waals surface area contributed by atoms with E-state index in [4.69, 9.17) is 11.6 Å². The third-order valence-corrected chi connectivity index (χ3v) is 4.49. The first-order valence-electron chi connectivity index (χ1n) is 5.17. The van der Waals surface area contributed by atoms with E-state index in [0.717, 1.165) is 16.4 Å². The number of benzene rings is 1. The number of halogens is 2. The van der Waals surface area contributed by atoms with Crippen molar-refractivity contribution in [2.75, 3.05) is 7.05 Å². The molecule has 9 heteroatoms. The highest BCUT2D eigenvalue weighted by atomic mass is 35.5. The molecule has 0 radical (unpaired) electrons. The molecule has 0 fully saturated rings. The SMILES string of the molecule is CN(Cc1ncn[nH]1)S(=O)(=O)c1ccc(Cl)cc1F. The van der Waals surface area contributed by atoms with Crippen LogP contribution in [0, 0.1) is 5.82 Å². The Balaban J connectivity index is 2.31. The molecule has 0 atom stereocenters. The summed E-state index contributed by atoms with van der Waals surface area (Å²) in [6, 6.07) is 3.40. The fraction of sp³-hybridized carbons (Fsp3) is 0.200. The van der Waals surface area contributed by atoms with Crippen molar-refractivity contribution < 1.29 is 12.8 Å². The molecule has 19 heavy (non-hydrogen) atoms. The maximum atomic E-state index is 13.7. The lowest BCUT2D eigenvalue weighted by molar-refractivity contribution is 0.451. The van der Waals surface area contributed by atoms with E-state index in [-0.39, 0.29) is 11.6 Å². The number of H-pyrrole nitrogens is 1. The lowest BCUT2D eigenvalue weighted by Gasteiger charge is -2.16. The second-order valence-corrected chi connectivity index (χ2v) is 6.22. The van der Waals surface area contributed by atoms with E-state index in [1.54, 1.807) is 0 Å². The molecule has 0 bridgehead atoms. The molecule has 0 unspecified atom stereocenters. The highest BCUT2D eigenvalue weighted by Gasteiger charge is 2.25. The van der Waals surface area contributed by atoms with Gasteiger partial charge in [0.15, 0.2) is 0 Å². The summed E-state index contributed by atoms with van der Waals surface area (Å²) in [6.07, 6.45) is 1.26. The molecular weight excluding hydrogens is 295 g/mol. The van der Waals surface area contributed by atoms with Crippen LogP contribution in [-0.2, 0) is 16.6 Å². The summed E-state index contributed by atoms with van der Waals surface area (Å²) in [6.45, 7) is -0.0373. The Morgan fingerprint density at radius 1 is 1.47 bits per heavy atom. The number of aromatic nitrogens is 3. The number of hydrogen-bond acceptors (Lipinski definition) is 4. The van der Waals surface area contributed by atoms with Gasteiger partial charge in [-0.1, -0.05) is 11.6 Å². The molecule has 0 spiro atoms. The van der Waals surface area contributed by atoms with Gasteiger partial charge in [-0.25, -0.2) is 17.8 Å². The van der Waals surface area contributed by atoms with Crippen molar-refractivity contribution in [3.05, 3.63) is 41.2 Å². The zero-order chi connectivity index (χ0) is 14.0. The van der Waals surface area contributed by atoms with Crippen LogP contribution in [0.2, 0.25) is 5.02 Å². The van der Waals surface area contributed by atoms with E-state index in [1.165, 1.54) is 19.4 Å². The Kier molecular flexibility index (Phi) is 3.83. The first-order valence-corrected chi connectivity index (χ1v) is 6.98. The minimum Gasteiger partial charge on any atom is -0.262 e. The lowest BCUT2D eigenvalue weighted by atomic mass is 10.3. The van der Waals surface area contributed by atoms with Gasteiger partial charge in [-0.2, -0.15) is 9.40 Å². The van der Waals surface area contributed by atoms with E-state index in [2.05, 4.69) is 15.2 Å². The van der Waals surface area contributed by atoms with Gasteiger partial charge in [0, 0.05) is 12.1 Å². The van der Waals surface area contributed by atoms with Crippen LogP contribution in [0.1, 0.15) is 5.82 Å². The molecule has 2 aromatic rings. The van der Waals surface area contributed by atoms with E-state index < -0.39 is 20.7 Å². The average molecular weight is 305 g/mol. The minimum absolute atomic E-state index is 0.0373. The molecular formula is C10H10ClFN4O2S. The van der Waals surface area contributed by atoms with Crippen LogP contribution in [-0.4, -0.2) is 35.0 Å². The summed E-state index contributed by atoms with van der Waals surface area (Å²) in [4.78, 5) is 3.38. The molecule has 1 aromatic carbocycles. The standard InChI is InChI=1S/C10H10ClFN4O2S/c1-16(5-10-13-6-14-15-10)19(17,18)9-3-2-7(11)4-8(9)12/h2-4,6H,5H2,1H3,(H,13,14,15). The van der Waals surface area contributed by atoms with Gasteiger partial charge in [-0.15, -0.1) is 0 Å². The summed E-state index contributed by atoms with van der Waals surface area (Å²) in [5.41, 5.74) is 0. The van der Waals surface area contributed by atoms with Gasteiger partial charge in [0.25, 0.3) is 0 Å². The van der Waals surface area contributed by atoms with Crippen LogP contribution in [0.3, 0.4) is 0 Å². The Bertz CT molecular complexity index is 675. The number of nitrogens with zero attached hydrogens (tertiary/aromatic N) is 3. The number of nitrogens with one attached hydrogen (secondary N) is 1. The number of sulfonamides is 1. The second-order valence-electron chi connectivity index (χ2n) is 3.77. The third kappa shape index (κ3) is 2.91. The normalized spacial score (nSPS) is 12.0. The van der Waals surface area contributed by atoms with E-state index >= 15 is 0 Å². The molecule has 0 aliphatic heterocycles. The fourth-order valence-corrected chi connectivity index (χ4v) is 2.79. The Morgan fingerprint density at radius 3 is 2.79 bits per heavy atom. The highest BCUT2D eigenvalue weighted by molar-refractivity contribution is 7.89. The molecule has 2 rings (SSSR count). The highest BCUT2D eigenvalue weighted by Crippen LogP contribution is 2.22. The quantitative estimate of drug-likeness (QED) is 0.926. The maximum absolute atomic E-state index is 13.7. The smallest absolute Gasteiger partial charge is 0.246 e. The van der Waals surface area contributed by atoms with Gasteiger partial charge < -0.3 is 0 Å². The van der Waals surface area contributed by atoms with Crippen molar-refractivity contribution in [1.29, 1.82) is 0 Å². The zero-order valence-electron chi connectivity index (χ0n) is 9.84. The van der Waals surface area contributed by atoms with Crippen LogP contribution in [0.15, 0.2) is 29.4 Å². The van der Waals surface area contributed by atoms with Gasteiger partial charge in [0.2, 0.25) is 10.0 Å². The summed E-state index contributed by atoms with van der Waals surface area (Å²) in [7, 11) is -2.63. The largest absolute Gasteiger partial charge is 0.262 e. The topological polar surface area (TPSA) is 79.0 Å². The first kappa shape index (κ1) is 13.9.